The zero-order valence-electron chi connectivity index (χ0n) is 9.57. The highest BCUT2D eigenvalue weighted by molar-refractivity contribution is 7.00. The Hall–Kier alpha value is -2.47. The molecule has 6 heteroatoms. The minimum atomic E-state index is 0.0896. The lowest BCUT2D eigenvalue weighted by Gasteiger charge is -1.99. The van der Waals surface area contributed by atoms with Gasteiger partial charge in [0.15, 0.2) is 5.58 Å². The molecule has 0 aliphatic carbocycles. The van der Waals surface area contributed by atoms with Gasteiger partial charge in [-0.2, -0.15) is 8.75 Å². The van der Waals surface area contributed by atoms with Gasteiger partial charge >= 0.3 is 0 Å². The van der Waals surface area contributed by atoms with Gasteiger partial charge in [-0.05, 0) is 24.3 Å². The minimum absolute atomic E-state index is 0.0896. The van der Waals surface area contributed by atoms with Gasteiger partial charge in [0.25, 0.3) is 0 Å². The van der Waals surface area contributed by atoms with Gasteiger partial charge in [-0.3, -0.25) is 0 Å². The van der Waals surface area contributed by atoms with Crippen molar-refractivity contribution in [2.45, 2.75) is 0 Å². The van der Waals surface area contributed by atoms with Crippen LogP contribution in [-0.2, 0) is 0 Å². The third kappa shape index (κ3) is 1.50. The first-order valence-corrected chi connectivity index (χ1v) is 6.36. The molecule has 0 radical (unpaired) electrons. The Morgan fingerprint density at radius 3 is 2.79 bits per heavy atom. The van der Waals surface area contributed by atoms with E-state index in [1.807, 2.05) is 24.3 Å². The maximum absolute atomic E-state index is 10.0. The highest BCUT2D eigenvalue weighted by atomic mass is 32.1. The van der Waals surface area contributed by atoms with Gasteiger partial charge in [0.05, 0.1) is 11.7 Å². The lowest BCUT2D eigenvalue weighted by atomic mass is 10.1. The SMILES string of the molecule is Oc1ccc2nsnc2c1-c1nc2ccccc2o1. The average molecular weight is 269 g/mol. The van der Waals surface area contributed by atoms with Crippen LogP contribution in [0.4, 0.5) is 0 Å². The van der Waals surface area contributed by atoms with Crippen LogP contribution in [0.1, 0.15) is 0 Å². The fourth-order valence-electron chi connectivity index (χ4n) is 2.03. The molecule has 4 rings (SSSR count). The van der Waals surface area contributed by atoms with Crippen molar-refractivity contribution < 1.29 is 9.52 Å². The Morgan fingerprint density at radius 1 is 1.00 bits per heavy atom. The summed E-state index contributed by atoms with van der Waals surface area (Å²) in [5.41, 5.74) is 3.24. The first-order valence-electron chi connectivity index (χ1n) is 5.63. The lowest BCUT2D eigenvalue weighted by molar-refractivity contribution is 0.475. The molecule has 0 aliphatic heterocycles. The average Bonchev–Trinajstić information content (AvgIpc) is 3.03. The molecule has 0 bridgehead atoms. The third-order valence-corrected chi connectivity index (χ3v) is 3.46. The molecule has 0 unspecified atom stereocenters. The molecule has 0 saturated carbocycles. The van der Waals surface area contributed by atoms with Crippen LogP contribution in [0.2, 0.25) is 0 Å². The van der Waals surface area contributed by atoms with Crippen LogP contribution in [-0.4, -0.2) is 18.8 Å². The molecule has 4 aromatic rings. The lowest BCUT2D eigenvalue weighted by Crippen LogP contribution is -1.82. The van der Waals surface area contributed by atoms with E-state index in [2.05, 4.69) is 13.7 Å². The van der Waals surface area contributed by atoms with Crippen LogP contribution in [0.25, 0.3) is 33.6 Å². The highest BCUT2D eigenvalue weighted by Crippen LogP contribution is 2.36. The van der Waals surface area contributed by atoms with E-state index in [0.717, 1.165) is 22.8 Å². The molecule has 2 heterocycles. The van der Waals surface area contributed by atoms with Crippen LogP contribution in [0, 0.1) is 0 Å². The van der Waals surface area contributed by atoms with Gasteiger partial charge < -0.3 is 9.52 Å². The zero-order chi connectivity index (χ0) is 12.8. The van der Waals surface area contributed by atoms with E-state index >= 15 is 0 Å². The maximum atomic E-state index is 10.0. The maximum Gasteiger partial charge on any atom is 0.233 e. The van der Waals surface area contributed by atoms with Crippen molar-refractivity contribution in [1.29, 1.82) is 0 Å². The van der Waals surface area contributed by atoms with E-state index in [1.54, 1.807) is 12.1 Å². The van der Waals surface area contributed by atoms with Crippen LogP contribution in [0.15, 0.2) is 40.8 Å². The number of phenolic OH excluding ortho intramolecular Hbond substituents is 1. The first kappa shape index (κ1) is 10.5. The summed E-state index contributed by atoms with van der Waals surface area (Å²) in [6, 6.07) is 10.8. The van der Waals surface area contributed by atoms with Crippen molar-refractivity contribution in [2.24, 2.45) is 0 Å². The summed E-state index contributed by atoms with van der Waals surface area (Å²) in [6.07, 6.45) is 0. The summed E-state index contributed by atoms with van der Waals surface area (Å²) in [5.74, 6) is 0.448. The number of hydrogen-bond acceptors (Lipinski definition) is 6. The van der Waals surface area contributed by atoms with Crippen molar-refractivity contribution in [3.63, 3.8) is 0 Å². The molecule has 5 nitrogen and oxygen atoms in total. The highest BCUT2D eigenvalue weighted by Gasteiger charge is 2.18. The molecule has 0 saturated heterocycles. The van der Waals surface area contributed by atoms with E-state index in [1.165, 1.54) is 0 Å². The Labute approximate surface area is 111 Å². The van der Waals surface area contributed by atoms with Crippen molar-refractivity contribution in [1.82, 2.24) is 13.7 Å². The molecule has 0 spiro atoms. The molecule has 2 aromatic heterocycles. The second kappa shape index (κ2) is 3.76. The number of oxazole rings is 1. The number of rotatable bonds is 1. The summed E-state index contributed by atoms with van der Waals surface area (Å²) in [4.78, 5) is 4.38. The molecule has 0 aliphatic rings. The quantitative estimate of drug-likeness (QED) is 0.574. The van der Waals surface area contributed by atoms with Gasteiger partial charge in [-0.25, -0.2) is 4.98 Å². The Kier molecular flexibility index (Phi) is 2.07. The Morgan fingerprint density at radius 2 is 1.89 bits per heavy atom. The van der Waals surface area contributed by atoms with E-state index in [0.29, 0.717) is 22.6 Å². The molecular formula is C13H7N3O2S. The van der Waals surface area contributed by atoms with Crippen LogP contribution in [0.5, 0.6) is 5.75 Å². The fraction of sp³-hybridized carbons (Fsp3) is 0. The van der Waals surface area contributed by atoms with Gasteiger partial charge in [-0.15, -0.1) is 0 Å². The number of phenols is 1. The summed E-state index contributed by atoms with van der Waals surface area (Å²) in [5, 5.41) is 10.0. The van der Waals surface area contributed by atoms with Crippen molar-refractivity contribution >= 4 is 33.9 Å². The molecule has 92 valence electrons. The number of para-hydroxylation sites is 2. The van der Waals surface area contributed by atoms with Crippen molar-refractivity contribution in [3.8, 4) is 17.2 Å². The number of aromatic nitrogens is 3. The van der Waals surface area contributed by atoms with E-state index in [4.69, 9.17) is 4.42 Å². The molecule has 0 atom stereocenters. The van der Waals surface area contributed by atoms with Gasteiger partial charge in [0.1, 0.15) is 27.9 Å². The standard InChI is InChI=1S/C13H7N3O2S/c17-9-6-5-8-12(16-19-15-8)11(9)13-14-7-3-1-2-4-10(7)18-13/h1-6,17H. The van der Waals surface area contributed by atoms with Crippen LogP contribution >= 0.6 is 11.7 Å². The number of benzene rings is 2. The third-order valence-electron chi connectivity index (χ3n) is 2.91. The number of hydrogen-bond donors (Lipinski definition) is 1. The number of nitrogens with zero attached hydrogens (tertiary/aromatic N) is 3. The largest absolute Gasteiger partial charge is 0.507 e. The van der Waals surface area contributed by atoms with E-state index in [9.17, 15) is 5.11 Å². The van der Waals surface area contributed by atoms with Crippen molar-refractivity contribution in [2.75, 3.05) is 0 Å². The number of fused-ring (bicyclic) bond motifs is 2. The monoisotopic (exact) mass is 269 g/mol. The van der Waals surface area contributed by atoms with Gasteiger partial charge in [0, 0.05) is 0 Å². The molecule has 1 N–H and O–H groups in total. The molecule has 19 heavy (non-hydrogen) atoms. The zero-order valence-corrected chi connectivity index (χ0v) is 10.4. The summed E-state index contributed by atoms with van der Waals surface area (Å²) >= 11 is 1.10. The van der Waals surface area contributed by atoms with Gasteiger partial charge in [-0.1, -0.05) is 12.1 Å². The predicted octanol–water partition coefficient (Wildman–Crippen LogP) is 3.21. The minimum Gasteiger partial charge on any atom is -0.507 e. The molecule has 0 amide bonds. The van der Waals surface area contributed by atoms with E-state index in [-0.39, 0.29) is 5.75 Å². The van der Waals surface area contributed by atoms with Crippen molar-refractivity contribution in [3.05, 3.63) is 36.4 Å². The van der Waals surface area contributed by atoms with Crippen LogP contribution in [0.3, 0.4) is 0 Å². The summed E-state index contributed by atoms with van der Waals surface area (Å²) in [6.45, 7) is 0. The summed E-state index contributed by atoms with van der Waals surface area (Å²) < 4.78 is 14.0. The van der Waals surface area contributed by atoms with E-state index < -0.39 is 0 Å². The smallest absolute Gasteiger partial charge is 0.233 e. The second-order valence-corrected chi connectivity index (χ2v) is 4.61. The first-order chi connectivity index (χ1) is 9.33. The number of aromatic hydroxyl groups is 1. The van der Waals surface area contributed by atoms with Crippen LogP contribution < -0.4 is 0 Å². The normalized spacial score (nSPS) is 11.4. The molecule has 0 fully saturated rings. The predicted molar refractivity (Wildman–Crippen MR) is 72.1 cm³/mol. The molecular weight excluding hydrogens is 262 g/mol. The Bertz CT molecular complexity index is 864. The molecule has 2 aromatic carbocycles. The fourth-order valence-corrected chi connectivity index (χ4v) is 2.57. The Balaban J connectivity index is 2.08. The summed E-state index contributed by atoms with van der Waals surface area (Å²) in [7, 11) is 0. The topological polar surface area (TPSA) is 72.0 Å². The van der Waals surface area contributed by atoms with Gasteiger partial charge in [0.2, 0.25) is 5.89 Å². The second-order valence-electron chi connectivity index (χ2n) is 4.08.